The van der Waals surface area contributed by atoms with Gasteiger partial charge < -0.3 is 10.1 Å². The van der Waals surface area contributed by atoms with Crippen molar-refractivity contribution < 1.29 is 9.53 Å². The Labute approximate surface area is 108 Å². The number of carbonyl (C=O) groups excluding carboxylic acids is 1. The van der Waals surface area contributed by atoms with Gasteiger partial charge in [-0.05, 0) is 22.9 Å². The van der Waals surface area contributed by atoms with Gasteiger partial charge >= 0.3 is 0 Å². The molecule has 17 heavy (non-hydrogen) atoms. The molecule has 0 radical (unpaired) electrons. The molecule has 1 heterocycles. The van der Waals surface area contributed by atoms with Crippen molar-refractivity contribution in [3.63, 3.8) is 0 Å². The van der Waals surface area contributed by atoms with Crippen molar-refractivity contribution in [2.45, 2.75) is 13.5 Å². The molecule has 0 aromatic carbocycles. The van der Waals surface area contributed by atoms with Crippen molar-refractivity contribution in [2.24, 2.45) is 0 Å². The van der Waals surface area contributed by atoms with Gasteiger partial charge in [0.05, 0.1) is 12.8 Å². The quantitative estimate of drug-likeness (QED) is 0.783. The third-order valence-corrected chi connectivity index (χ3v) is 2.80. The monoisotopic (exact) mass is 300 g/mol. The molecule has 0 unspecified atom stereocenters. The summed E-state index contributed by atoms with van der Waals surface area (Å²) in [7, 11) is 0. The Balaban J connectivity index is 2.40. The average molecular weight is 301 g/mol. The summed E-state index contributed by atoms with van der Waals surface area (Å²) in [5, 5.41) is 15.3. The highest BCUT2D eigenvalue weighted by molar-refractivity contribution is 9.10. The van der Waals surface area contributed by atoms with Gasteiger partial charge in [-0.2, -0.15) is 10.4 Å². The highest BCUT2D eigenvalue weighted by Gasteiger charge is 2.10. The van der Waals surface area contributed by atoms with Gasteiger partial charge in [-0.25, -0.2) is 4.68 Å². The van der Waals surface area contributed by atoms with Crippen molar-refractivity contribution in [3.05, 3.63) is 16.4 Å². The normalized spacial score (nSPS) is 9.94. The first-order valence-electron chi connectivity index (χ1n) is 5.14. The van der Waals surface area contributed by atoms with E-state index in [-0.39, 0.29) is 12.5 Å². The lowest BCUT2D eigenvalue weighted by atomic mass is 10.4. The first kappa shape index (κ1) is 13.7. The zero-order valence-electron chi connectivity index (χ0n) is 9.44. The summed E-state index contributed by atoms with van der Waals surface area (Å²) in [6.45, 7) is 3.56. The van der Waals surface area contributed by atoms with E-state index in [0.29, 0.717) is 29.9 Å². The smallest absolute Gasteiger partial charge is 0.241 e. The summed E-state index contributed by atoms with van der Waals surface area (Å²) < 4.78 is 7.03. The molecule has 0 aliphatic carbocycles. The Morgan fingerprint density at radius 1 is 1.76 bits per heavy atom. The molecule has 0 bridgehead atoms. The third kappa shape index (κ3) is 4.17. The number of hydrogen-bond acceptors (Lipinski definition) is 4. The minimum Gasteiger partial charge on any atom is -0.380 e. The number of aromatic nitrogens is 2. The number of rotatable bonds is 6. The van der Waals surface area contributed by atoms with Gasteiger partial charge in [-0.15, -0.1) is 0 Å². The topological polar surface area (TPSA) is 79.9 Å². The van der Waals surface area contributed by atoms with Crippen molar-refractivity contribution in [1.29, 1.82) is 5.26 Å². The number of nitriles is 1. The maximum Gasteiger partial charge on any atom is 0.241 e. The Morgan fingerprint density at radius 2 is 2.53 bits per heavy atom. The second-order valence-corrected chi connectivity index (χ2v) is 3.92. The number of halogens is 1. The van der Waals surface area contributed by atoms with Crippen molar-refractivity contribution >= 4 is 21.8 Å². The number of nitrogens with one attached hydrogen (secondary N) is 1. The lowest BCUT2D eigenvalue weighted by molar-refractivity contribution is -0.122. The Kier molecular flexibility index (Phi) is 5.66. The van der Waals surface area contributed by atoms with Crippen LogP contribution < -0.4 is 5.32 Å². The highest BCUT2D eigenvalue weighted by atomic mass is 79.9. The van der Waals surface area contributed by atoms with E-state index in [4.69, 9.17) is 10.00 Å². The van der Waals surface area contributed by atoms with Crippen molar-refractivity contribution in [3.8, 4) is 6.07 Å². The van der Waals surface area contributed by atoms with Gasteiger partial charge in [-0.3, -0.25) is 4.79 Å². The maximum atomic E-state index is 11.5. The standard InChI is InChI=1S/C10H13BrN4O2/c1-2-17-4-3-13-9(16)7-15-10(11)8(5-12)6-14-15/h6H,2-4,7H2,1H3,(H,13,16). The number of hydrogen-bond donors (Lipinski definition) is 1. The van der Waals surface area contributed by atoms with E-state index in [1.807, 2.05) is 13.0 Å². The van der Waals surface area contributed by atoms with Gasteiger partial charge in [-0.1, -0.05) is 0 Å². The van der Waals surface area contributed by atoms with Gasteiger partial charge in [0.15, 0.2) is 0 Å². The van der Waals surface area contributed by atoms with Crippen molar-refractivity contribution in [2.75, 3.05) is 19.8 Å². The Morgan fingerprint density at radius 3 is 3.12 bits per heavy atom. The molecule has 7 heteroatoms. The molecule has 0 saturated heterocycles. The lowest BCUT2D eigenvalue weighted by Crippen LogP contribution is -2.30. The predicted octanol–water partition coefficient (Wildman–Crippen LogP) is 0.670. The summed E-state index contributed by atoms with van der Waals surface area (Å²) >= 11 is 3.21. The molecule has 0 fully saturated rings. The first-order chi connectivity index (χ1) is 8.19. The molecule has 0 saturated carbocycles. The molecule has 0 spiro atoms. The van der Waals surface area contributed by atoms with Crippen LogP contribution in [-0.4, -0.2) is 35.4 Å². The van der Waals surface area contributed by atoms with Crippen LogP contribution >= 0.6 is 15.9 Å². The summed E-state index contributed by atoms with van der Waals surface area (Å²) in [4.78, 5) is 11.5. The average Bonchev–Trinajstić information content (AvgIpc) is 2.66. The van der Waals surface area contributed by atoms with Crippen LogP contribution in [-0.2, 0) is 16.1 Å². The van der Waals surface area contributed by atoms with Crippen LogP contribution in [0.25, 0.3) is 0 Å². The van der Waals surface area contributed by atoms with Crippen LogP contribution in [0.1, 0.15) is 12.5 Å². The molecule has 1 aromatic heterocycles. The second-order valence-electron chi connectivity index (χ2n) is 3.17. The SMILES string of the molecule is CCOCCNC(=O)Cn1ncc(C#N)c1Br. The van der Waals surface area contributed by atoms with E-state index < -0.39 is 0 Å². The van der Waals surface area contributed by atoms with Gasteiger partial charge in [0, 0.05) is 13.2 Å². The molecule has 1 aromatic rings. The minimum absolute atomic E-state index is 0.0778. The fourth-order valence-electron chi connectivity index (χ4n) is 1.15. The molecule has 0 aliphatic rings. The third-order valence-electron chi connectivity index (χ3n) is 1.96. The van der Waals surface area contributed by atoms with Gasteiger partial charge in [0.1, 0.15) is 22.8 Å². The van der Waals surface area contributed by atoms with Crippen LogP contribution in [0, 0.1) is 11.3 Å². The fourth-order valence-corrected chi connectivity index (χ4v) is 1.56. The van der Waals surface area contributed by atoms with E-state index in [0.717, 1.165) is 0 Å². The summed E-state index contributed by atoms with van der Waals surface area (Å²) in [6.07, 6.45) is 1.41. The summed E-state index contributed by atoms with van der Waals surface area (Å²) in [6, 6.07) is 1.97. The molecular weight excluding hydrogens is 288 g/mol. The Hall–Kier alpha value is -1.39. The van der Waals surface area contributed by atoms with Crippen LogP contribution in [0.5, 0.6) is 0 Å². The van der Waals surface area contributed by atoms with Crippen LogP contribution in [0.2, 0.25) is 0 Å². The largest absolute Gasteiger partial charge is 0.380 e. The van der Waals surface area contributed by atoms with Gasteiger partial charge in [0.2, 0.25) is 5.91 Å². The zero-order valence-corrected chi connectivity index (χ0v) is 11.0. The highest BCUT2D eigenvalue weighted by Crippen LogP contribution is 2.14. The summed E-state index contributed by atoms with van der Waals surface area (Å²) in [5.74, 6) is -0.169. The molecule has 92 valence electrons. The van der Waals surface area contributed by atoms with E-state index in [9.17, 15) is 4.79 Å². The van der Waals surface area contributed by atoms with E-state index in [1.165, 1.54) is 10.9 Å². The zero-order chi connectivity index (χ0) is 12.7. The Bertz CT molecular complexity index is 424. The predicted molar refractivity (Wildman–Crippen MR) is 64.1 cm³/mol. The van der Waals surface area contributed by atoms with E-state index in [1.54, 1.807) is 0 Å². The lowest BCUT2D eigenvalue weighted by Gasteiger charge is -2.06. The number of carbonyl (C=O) groups is 1. The number of amides is 1. The number of nitrogens with zero attached hydrogens (tertiary/aromatic N) is 3. The van der Waals surface area contributed by atoms with E-state index in [2.05, 4.69) is 26.3 Å². The molecule has 0 aliphatic heterocycles. The van der Waals surface area contributed by atoms with Crippen LogP contribution in [0.4, 0.5) is 0 Å². The van der Waals surface area contributed by atoms with Crippen molar-refractivity contribution in [1.82, 2.24) is 15.1 Å². The maximum absolute atomic E-state index is 11.5. The minimum atomic E-state index is -0.169. The fraction of sp³-hybridized carbons (Fsp3) is 0.500. The molecule has 1 rings (SSSR count). The van der Waals surface area contributed by atoms with E-state index >= 15 is 0 Å². The van der Waals surface area contributed by atoms with Crippen LogP contribution in [0.3, 0.4) is 0 Å². The molecule has 1 N–H and O–H groups in total. The molecular formula is C10H13BrN4O2. The van der Waals surface area contributed by atoms with Gasteiger partial charge in [0.25, 0.3) is 0 Å². The summed E-state index contributed by atoms with van der Waals surface area (Å²) in [5.41, 5.74) is 0.409. The number of ether oxygens (including phenoxy) is 1. The molecule has 6 nitrogen and oxygen atoms in total. The first-order valence-corrected chi connectivity index (χ1v) is 5.94. The van der Waals surface area contributed by atoms with Crippen LogP contribution in [0.15, 0.2) is 10.8 Å². The second kappa shape index (κ2) is 7.04. The molecule has 1 amide bonds. The molecule has 0 atom stereocenters.